The highest BCUT2D eigenvalue weighted by Crippen LogP contribution is 2.30. The van der Waals surface area contributed by atoms with E-state index >= 15 is 0 Å². The number of rotatable bonds is 3. The van der Waals surface area contributed by atoms with E-state index in [0.717, 1.165) is 33.6 Å². The van der Waals surface area contributed by atoms with Crippen LogP contribution in [0.25, 0.3) is 0 Å². The predicted molar refractivity (Wildman–Crippen MR) is 86.3 cm³/mol. The molecule has 0 saturated heterocycles. The Balaban J connectivity index is 1.70. The van der Waals surface area contributed by atoms with Gasteiger partial charge in [0.2, 0.25) is 0 Å². The molecule has 1 aliphatic heterocycles. The summed E-state index contributed by atoms with van der Waals surface area (Å²) in [4.78, 5) is 4.08. The molecule has 0 unspecified atom stereocenters. The summed E-state index contributed by atoms with van der Waals surface area (Å²) in [5.41, 5.74) is 2.02. The fourth-order valence-corrected chi connectivity index (χ4v) is 2.49. The number of anilines is 1. The van der Waals surface area contributed by atoms with E-state index in [4.69, 9.17) is 21.1 Å². The van der Waals surface area contributed by atoms with Gasteiger partial charge in [-0.05, 0) is 39.7 Å². The maximum atomic E-state index is 5.88. The molecule has 1 aromatic heterocycles. The van der Waals surface area contributed by atoms with Gasteiger partial charge in [-0.1, -0.05) is 17.7 Å². The molecule has 0 bridgehead atoms. The molecule has 0 saturated carbocycles. The first-order chi connectivity index (χ1) is 10.2. The summed E-state index contributed by atoms with van der Waals surface area (Å²) in [5, 5.41) is 3.76. The Labute approximate surface area is 136 Å². The number of benzene rings is 1. The summed E-state index contributed by atoms with van der Waals surface area (Å²) in [6.07, 6.45) is 2.61. The van der Waals surface area contributed by atoms with E-state index in [-0.39, 0.29) is 0 Å². The van der Waals surface area contributed by atoms with Gasteiger partial charge in [0.15, 0.2) is 11.5 Å². The summed E-state index contributed by atoms with van der Waals surface area (Å²) >= 11 is 9.24. The van der Waals surface area contributed by atoms with Crippen LogP contribution in [0.1, 0.15) is 12.0 Å². The van der Waals surface area contributed by atoms with Crippen LogP contribution in [0.5, 0.6) is 11.5 Å². The molecule has 0 spiro atoms. The second kappa shape index (κ2) is 6.54. The molecule has 0 atom stereocenters. The monoisotopic (exact) mass is 368 g/mol. The molecule has 2 aromatic rings. The Kier molecular flexibility index (Phi) is 4.51. The van der Waals surface area contributed by atoms with Gasteiger partial charge in [-0.2, -0.15) is 0 Å². The molecule has 21 heavy (non-hydrogen) atoms. The topological polar surface area (TPSA) is 43.4 Å². The Morgan fingerprint density at radius 1 is 1.19 bits per heavy atom. The van der Waals surface area contributed by atoms with Crippen LogP contribution < -0.4 is 14.8 Å². The van der Waals surface area contributed by atoms with E-state index in [1.54, 1.807) is 6.20 Å². The largest absolute Gasteiger partial charge is 0.490 e. The zero-order valence-corrected chi connectivity index (χ0v) is 13.6. The van der Waals surface area contributed by atoms with Crippen LogP contribution in [0.2, 0.25) is 5.15 Å². The summed E-state index contributed by atoms with van der Waals surface area (Å²) < 4.78 is 12.1. The Morgan fingerprint density at radius 3 is 2.81 bits per heavy atom. The third-order valence-corrected chi connectivity index (χ3v) is 4.24. The average molecular weight is 370 g/mol. The quantitative estimate of drug-likeness (QED) is 0.821. The number of hydrogen-bond acceptors (Lipinski definition) is 4. The minimum absolute atomic E-state index is 0.455. The molecule has 1 aliphatic rings. The van der Waals surface area contributed by atoms with Crippen molar-refractivity contribution in [2.24, 2.45) is 0 Å². The van der Waals surface area contributed by atoms with E-state index in [2.05, 4.69) is 26.2 Å². The average Bonchev–Trinajstić information content (AvgIpc) is 2.73. The molecule has 0 amide bonds. The molecule has 110 valence electrons. The fraction of sp³-hybridized carbons (Fsp3) is 0.267. The number of halogens is 2. The lowest BCUT2D eigenvalue weighted by Gasteiger charge is -2.11. The first-order valence-electron chi connectivity index (χ1n) is 6.66. The van der Waals surface area contributed by atoms with Crippen LogP contribution in [0.3, 0.4) is 0 Å². The van der Waals surface area contributed by atoms with Gasteiger partial charge in [0.05, 0.1) is 29.6 Å². The fourth-order valence-electron chi connectivity index (χ4n) is 2.04. The third-order valence-electron chi connectivity index (χ3n) is 3.10. The predicted octanol–water partition coefficient (Wildman–Crippen LogP) is 4.27. The number of nitrogens with one attached hydrogen (secondary N) is 1. The molecular weight excluding hydrogens is 356 g/mol. The van der Waals surface area contributed by atoms with Crippen molar-refractivity contribution in [3.05, 3.63) is 45.7 Å². The van der Waals surface area contributed by atoms with Gasteiger partial charge < -0.3 is 14.8 Å². The lowest BCUT2D eigenvalue weighted by Crippen LogP contribution is -2.01. The van der Waals surface area contributed by atoms with Crippen molar-refractivity contribution in [3.63, 3.8) is 0 Å². The molecule has 1 N–H and O–H groups in total. The normalized spacial score (nSPS) is 13.6. The van der Waals surface area contributed by atoms with Gasteiger partial charge >= 0.3 is 0 Å². The van der Waals surface area contributed by atoms with Crippen molar-refractivity contribution in [1.82, 2.24) is 4.98 Å². The molecule has 0 aliphatic carbocycles. The van der Waals surface area contributed by atoms with Crippen molar-refractivity contribution in [1.29, 1.82) is 0 Å². The maximum Gasteiger partial charge on any atom is 0.161 e. The molecule has 1 aromatic carbocycles. The van der Waals surface area contributed by atoms with Gasteiger partial charge in [-0.15, -0.1) is 0 Å². The lowest BCUT2D eigenvalue weighted by atomic mass is 10.2. The maximum absolute atomic E-state index is 5.88. The molecule has 3 rings (SSSR count). The Bertz CT molecular complexity index is 652. The van der Waals surface area contributed by atoms with Crippen LogP contribution in [0, 0.1) is 0 Å². The second-order valence-corrected chi connectivity index (χ2v) is 5.89. The van der Waals surface area contributed by atoms with E-state index in [0.29, 0.717) is 24.9 Å². The van der Waals surface area contributed by atoms with Crippen molar-refractivity contribution < 1.29 is 9.47 Å². The summed E-state index contributed by atoms with van der Waals surface area (Å²) in [6.45, 7) is 2.07. The first-order valence-corrected chi connectivity index (χ1v) is 7.83. The highest BCUT2D eigenvalue weighted by Gasteiger charge is 2.10. The molecule has 4 nitrogen and oxygen atoms in total. The molecular formula is C15H14BrClN2O2. The Morgan fingerprint density at radius 2 is 2.00 bits per heavy atom. The molecule has 2 heterocycles. The van der Waals surface area contributed by atoms with Crippen LogP contribution in [0.15, 0.2) is 34.9 Å². The molecule has 6 heteroatoms. The summed E-state index contributed by atoms with van der Waals surface area (Å²) in [5.74, 6) is 1.62. The van der Waals surface area contributed by atoms with E-state index in [1.807, 2.05) is 24.3 Å². The number of pyridine rings is 1. The van der Waals surface area contributed by atoms with Gasteiger partial charge in [0.1, 0.15) is 5.15 Å². The van der Waals surface area contributed by atoms with Crippen molar-refractivity contribution in [2.75, 3.05) is 18.5 Å². The van der Waals surface area contributed by atoms with Crippen LogP contribution in [-0.4, -0.2) is 18.2 Å². The summed E-state index contributed by atoms with van der Waals surface area (Å²) in [6, 6.07) is 7.89. The zero-order valence-electron chi connectivity index (χ0n) is 11.2. The van der Waals surface area contributed by atoms with Crippen LogP contribution >= 0.6 is 27.5 Å². The number of hydrogen-bond donors (Lipinski definition) is 1. The SMILES string of the molecule is Clc1ncc(NCc2ccc3c(c2)OCCCO3)cc1Br. The van der Waals surface area contributed by atoms with Gasteiger partial charge in [0.25, 0.3) is 0 Å². The van der Waals surface area contributed by atoms with E-state index < -0.39 is 0 Å². The highest BCUT2D eigenvalue weighted by atomic mass is 79.9. The number of nitrogens with zero attached hydrogens (tertiary/aromatic N) is 1. The molecule has 0 radical (unpaired) electrons. The highest BCUT2D eigenvalue weighted by molar-refractivity contribution is 9.10. The zero-order chi connectivity index (χ0) is 14.7. The minimum Gasteiger partial charge on any atom is -0.490 e. The Hall–Kier alpha value is -1.46. The number of fused-ring (bicyclic) bond motifs is 1. The van der Waals surface area contributed by atoms with Crippen LogP contribution in [-0.2, 0) is 6.54 Å². The van der Waals surface area contributed by atoms with E-state index in [1.165, 1.54) is 0 Å². The number of ether oxygens (including phenoxy) is 2. The van der Waals surface area contributed by atoms with Crippen molar-refractivity contribution in [3.8, 4) is 11.5 Å². The summed E-state index contributed by atoms with van der Waals surface area (Å²) in [7, 11) is 0. The van der Waals surface area contributed by atoms with E-state index in [9.17, 15) is 0 Å². The first kappa shape index (κ1) is 14.5. The van der Waals surface area contributed by atoms with Crippen LogP contribution in [0.4, 0.5) is 5.69 Å². The number of aromatic nitrogens is 1. The lowest BCUT2D eigenvalue weighted by molar-refractivity contribution is 0.297. The van der Waals surface area contributed by atoms with Gasteiger partial charge in [0, 0.05) is 13.0 Å². The van der Waals surface area contributed by atoms with Crippen molar-refractivity contribution in [2.45, 2.75) is 13.0 Å². The molecule has 0 fully saturated rings. The minimum atomic E-state index is 0.455. The standard InChI is InChI=1S/C15H14BrClN2O2/c16-12-7-11(9-19-15(12)17)18-8-10-2-3-13-14(6-10)21-5-1-4-20-13/h2-3,6-7,9,18H,1,4-5,8H2. The second-order valence-electron chi connectivity index (χ2n) is 4.68. The van der Waals surface area contributed by atoms with Gasteiger partial charge in [-0.25, -0.2) is 4.98 Å². The third kappa shape index (κ3) is 3.60. The van der Waals surface area contributed by atoms with Gasteiger partial charge in [-0.3, -0.25) is 0 Å². The van der Waals surface area contributed by atoms with Crippen molar-refractivity contribution >= 4 is 33.2 Å². The smallest absolute Gasteiger partial charge is 0.161 e.